The summed E-state index contributed by atoms with van der Waals surface area (Å²) in [6.45, 7) is 3.38. The molecule has 44 heavy (non-hydrogen) atoms. The van der Waals surface area contributed by atoms with Gasteiger partial charge >= 0.3 is 0 Å². The van der Waals surface area contributed by atoms with Gasteiger partial charge in [-0.1, -0.05) is 42.3 Å². The summed E-state index contributed by atoms with van der Waals surface area (Å²) >= 11 is 1.98. The van der Waals surface area contributed by atoms with Crippen LogP contribution in [0.25, 0.3) is 11.0 Å². The first-order valence-electron chi connectivity index (χ1n) is 14.7. The number of hydrogen-bond donors (Lipinski definition) is 2. The van der Waals surface area contributed by atoms with E-state index >= 15 is 0 Å². The molecule has 5 aromatic rings. The molecule has 0 amide bonds. The Morgan fingerprint density at radius 1 is 1.07 bits per heavy atom. The number of aryl methyl sites for hydroxylation is 1. The number of aromatic nitrogens is 5. The van der Waals surface area contributed by atoms with Gasteiger partial charge in [0.2, 0.25) is 5.95 Å². The van der Waals surface area contributed by atoms with Gasteiger partial charge in [0.1, 0.15) is 5.65 Å². The fourth-order valence-corrected chi connectivity index (χ4v) is 6.23. The van der Waals surface area contributed by atoms with Crippen LogP contribution in [0.2, 0.25) is 0 Å². The molecule has 9 nitrogen and oxygen atoms in total. The van der Waals surface area contributed by atoms with E-state index in [1.807, 2.05) is 29.6 Å². The van der Waals surface area contributed by atoms with E-state index in [0.717, 1.165) is 48.4 Å². The third kappa shape index (κ3) is 7.03. The molecule has 1 fully saturated rings. The predicted octanol–water partition coefficient (Wildman–Crippen LogP) is 4.20. The molecular weight excluding hydrogens is 568 g/mol. The summed E-state index contributed by atoms with van der Waals surface area (Å²) in [4.78, 5) is 29.7. The number of benzene rings is 2. The van der Waals surface area contributed by atoms with Crippen molar-refractivity contribution in [1.29, 1.82) is 0 Å². The highest BCUT2D eigenvalue weighted by Crippen LogP contribution is 2.31. The molecule has 3 aromatic heterocycles. The Morgan fingerprint density at radius 2 is 1.86 bits per heavy atom. The Bertz CT molecular complexity index is 1860. The molecular formula is C34H36N8OS. The normalized spacial score (nSPS) is 14.9. The molecule has 10 heteroatoms. The number of thioether (sulfide) groups is 1. The minimum Gasteiger partial charge on any atom is -0.327 e. The Kier molecular flexibility index (Phi) is 9.07. The molecule has 0 spiro atoms. The van der Waals surface area contributed by atoms with Gasteiger partial charge in [-0.2, -0.15) is 16.7 Å². The quantitative estimate of drug-likeness (QED) is 0.255. The second kappa shape index (κ2) is 13.5. The molecule has 0 bridgehead atoms. The van der Waals surface area contributed by atoms with Crippen molar-refractivity contribution in [2.75, 3.05) is 44.8 Å². The molecule has 1 aliphatic heterocycles. The van der Waals surface area contributed by atoms with Crippen molar-refractivity contribution in [3.05, 3.63) is 112 Å². The number of pyridine rings is 1. The Balaban J connectivity index is 1.32. The zero-order valence-corrected chi connectivity index (χ0v) is 26.1. The molecule has 1 saturated heterocycles. The maximum Gasteiger partial charge on any atom is 0.268 e. The highest BCUT2D eigenvalue weighted by atomic mass is 32.2. The van der Waals surface area contributed by atoms with Crippen LogP contribution in [-0.4, -0.2) is 68.5 Å². The predicted molar refractivity (Wildman–Crippen MR) is 179 cm³/mol. The van der Waals surface area contributed by atoms with Gasteiger partial charge in [-0.15, -0.1) is 0 Å². The van der Waals surface area contributed by atoms with Crippen molar-refractivity contribution < 1.29 is 0 Å². The molecule has 0 radical (unpaired) electrons. The van der Waals surface area contributed by atoms with Gasteiger partial charge in [0.15, 0.2) is 5.82 Å². The van der Waals surface area contributed by atoms with Crippen LogP contribution < -0.4 is 16.2 Å². The number of anilines is 2. The van der Waals surface area contributed by atoms with Gasteiger partial charge in [-0.3, -0.25) is 9.36 Å². The zero-order chi connectivity index (χ0) is 30.5. The lowest BCUT2D eigenvalue weighted by molar-refractivity contribution is 0.413. The summed E-state index contributed by atoms with van der Waals surface area (Å²) < 4.78 is 3.51. The summed E-state index contributed by atoms with van der Waals surface area (Å²) in [6.07, 6.45) is 6.23. The van der Waals surface area contributed by atoms with E-state index < -0.39 is 0 Å². The van der Waals surface area contributed by atoms with Gasteiger partial charge in [0.05, 0.1) is 12.1 Å². The molecule has 0 aliphatic carbocycles. The van der Waals surface area contributed by atoms with E-state index in [4.69, 9.17) is 4.98 Å². The average Bonchev–Trinajstić information content (AvgIpc) is 3.46. The van der Waals surface area contributed by atoms with E-state index in [2.05, 4.69) is 100.0 Å². The van der Waals surface area contributed by atoms with Crippen molar-refractivity contribution in [3.63, 3.8) is 0 Å². The first-order chi connectivity index (χ1) is 21.4. The van der Waals surface area contributed by atoms with Crippen molar-refractivity contribution in [1.82, 2.24) is 34.3 Å². The van der Waals surface area contributed by atoms with E-state index in [1.54, 1.807) is 23.0 Å². The molecule has 224 valence electrons. The maximum atomic E-state index is 13.9. The smallest absolute Gasteiger partial charge is 0.268 e. The van der Waals surface area contributed by atoms with Crippen LogP contribution in [-0.2, 0) is 20.0 Å². The molecule has 1 aliphatic rings. The number of nitrogens with one attached hydrogen (secondary N) is 2. The number of imidazole rings is 1. The summed E-state index contributed by atoms with van der Waals surface area (Å²) in [6, 6.07) is 18.6. The Hall–Kier alpha value is -4.43. The van der Waals surface area contributed by atoms with Gasteiger partial charge in [-0.05, 0) is 61.3 Å². The summed E-state index contributed by atoms with van der Waals surface area (Å²) in [5.74, 6) is 8.22. The van der Waals surface area contributed by atoms with Crippen LogP contribution in [0.4, 0.5) is 11.6 Å². The van der Waals surface area contributed by atoms with E-state index in [9.17, 15) is 4.79 Å². The number of likely N-dealkylation sites (N-methyl/N-ethyl adjacent to an activating group) is 1. The van der Waals surface area contributed by atoms with Crippen molar-refractivity contribution in [2.24, 2.45) is 7.05 Å². The molecule has 1 atom stereocenters. The van der Waals surface area contributed by atoms with Gasteiger partial charge < -0.3 is 20.1 Å². The van der Waals surface area contributed by atoms with Crippen LogP contribution in [0.1, 0.15) is 33.3 Å². The number of fused-ring (bicyclic) bond motifs is 1. The van der Waals surface area contributed by atoms with Gasteiger partial charge in [-0.25, -0.2) is 9.97 Å². The van der Waals surface area contributed by atoms with Crippen molar-refractivity contribution in [2.45, 2.75) is 18.2 Å². The third-order valence-electron chi connectivity index (χ3n) is 7.63. The topological polar surface area (TPSA) is 92.9 Å². The number of hydrogen-bond acceptors (Lipinski definition) is 8. The van der Waals surface area contributed by atoms with Crippen LogP contribution in [0.5, 0.6) is 0 Å². The fourth-order valence-electron chi connectivity index (χ4n) is 5.10. The molecule has 2 N–H and O–H groups in total. The van der Waals surface area contributed by atoms with Crippen molar-refractivity contribution >= 4 is 34.4 Å². The van der Waals surface area contributed by atoms with E-state index in [-0.39, 0.29) is 5.56 Å². The highest BCUT2D eigenvalue weighted by Gasteiger charge is 2.16. The monoisotopic (exact) mass is 604 g/mol. The maximum absolute atomic E-state index is 13.9. The first kappa shape index (κ1) is 29.6. The molecule has 1 unspecified atom stereocenters. The van der Waals surface area contributed by atoms with E-state index in [0.29, 0.717) is 34.8 Å². The number of nitrogens with zero attached hydrogens (tertiary/aromatic N) is 6. The summed E-state index contributed by atoms with van der Waals surface area (Å²) in [5.41, 5.74) is 5.17. The zero-order valence-electron chi connectivity index (χ0n) is 25.2. The minimum absolute atomic E-state index is 0.205. The second-order valence-electron chi connectivity index (χ2n) is 11.2. The van der Waals surface area contributed by atoms with Gasteiger partial charge in [0, 0.05) is 67.3 Å². The van der Waals surface area contributed by atoms with Gasteiger partial charge in [0.25, 0.3) is 5.56 Å². The Labute approximate surface area is 261 Å². The fraction of sp³-hybridized carbons (Fsp3) is 0.294. The SMILES string of the molecule is CN(C)CCc1ccc(Cn2c(=O)c(C#Cc3nccn3C)cc3cnc(Nc4ccc(C5CNCCS5)cc4)nc32)cc1. The third-order valence-corrected chi connectivity index (χ3v) is 8.92. The molecule has 6 rings (SSSR count). The van der Waals surface area contributed by atoms with Crippen LogP contribution in [0.15, 0.2) is 78.0 Å². The molecule has 0 saturated carbocycles. The largest absolute Gasteiger partial charge is 0.327 e. The molecule has 4 heterocycles. The number of rotatable bonds is 8. The van der Waals surface area contributed by atoms with Crippen LogP contribution in [0.3, 0.4) is 0 Å². The standard InChI is InChI=1S/C34H36N8OS/c1-40(2)17-14-24-4-6-25(7-5-24)23-42-32-28(20-27(33(42)43)10-13-31-36-15-18-41(31)3)21-37-34(39-32)38-29-11-8-26(9-12-29)30-22-35-16-19-44-30/h4-9,11-12,15,18,20-21,30,35H,14,16-17,19,22-23H2,1-3H3,(H,37,38,39). The second-order valence-corrected chi connectivity index (χ2v) is 12.5. The summed E-state index contributed by atoms with van der Waals surface area (Å²) in [7, 11) is 6.02. The Morgan fingerprint density at radius 3 is 2.57 bits per heavy atom. The van der Waals surface area contributed by atoms with Crippen LogP contribution in [0, 0.1) is 11.8 Å². The lowest BCUT2D eigenvalue weighted by Gasteiger charge is -2.22. The summed E-state index contributed by atoms with van der Waals surface area (Å²) in [5, 5.41) is 7.99. The van der Waals surface area contributed by atoms with Crippen LogP contribution >= 0.6 is 11.8 Å². The minimum atomic E-state index is -0.205. The first-order valence-corrected chi connectivity index (χ1v) is 15.8. The lowest BCUT2D eigenvalue weighted by atomic mass is 10.1. The lowest BCUT2D eigenvalue weighted by Crippen LogP contribution is -2.28. The average molecular weight is 605 g/mol. The molecule has 2 aromatic carbocycles. The van der Waals surface area contributed by atoms with E-state index in [1.165, 1.54) is 11.1 Å². The van der Waals surface area contributed by atoms with Crippen molar-refractivity contribution in [3.8, 4) is 11.8 Å². The highest BCUT2D eigenvalue weighted by molar-refractivity contribution is 7.99.